The first-order valence-electron chi connectivity index (χ1n) is 5.70. The quantitative estimate of drug-likeness (QED) is 0.655. The number of rotatable bonds is 1. The van der Waals surface area contributed by atoms with E-state index < -0.39 is 5.63 Å². The monoisotopic (exact) mass is 254 g/mol. The van der Waals surface area contributed by atoms with Crippen molar-refractivity contribution in [2.24, 2.45) is 0 Å². The average Bonchev–Trinajstić information content (AvgIpc) is 2.37. The molecule has 1 heterocycles. The maximum absolute atomic E-state index is 11.6. The van der Waals surface area contributed by atoms with E-state index in [1.54, 1.807) is 30.3 Å². The summed E-state index contributed by atoms with van der Waals surface area (Å²) in [6, 6.07) is 12.6. The number of hydrogen-bond donors (Lipinski definition) is 2. The van der Waals surface area contributed by atoms with E-state index in [0.29, 0.717) is 22.1 Å². The fraction of sp³-hybridized carbons (Fsp3) is 0. The first-order chi connectivity index (χ1) is 9.13. The third-order valence-corrected chi connectivity index (χ3v) is 2.89. The Morgan fingerprint density at radius 1 is 0.895 bits per heavy atom. The van der Waals surface area contributed by atoms with E-state index in [0.717, 1.165) is 0 Å². The highest BCUT2D eigenvalue weighted by Gasteiger charge is 2.08. The molecular formula is C15H10O4. The van der Waals surface area contributed by atoms with E-state index >= 15 is 0 Å². The van der Waals surface area contributed by atoms with Gasteiger partial charge in [0, 0.05) is 17.5 Å². The van der Waals surface area contributed by atoms with Gasteiger partial charge in [0.1, 0.15) is 17.1 Å². The molecule has 3 aromatic rings. The Morgan fingerprint density at radius 2 is 1.68 bits per heavy atom. The molecule has 19 heavy (non-hydrogen) atoms. The van der Waals surface area contributed by atoms with Crippen molar-refractivity contribution in [3.05, 3.63) is 59.0 Å². The lowest BCUT2D eigenvalue weighted by Crippen LogP contribution is -1.97. The summed E-state index contributed by atoms with van der Waals surface area (Å²) in [5, 5.41) is 19.6. The van der Waals surface area contributed by atoms with Crippen LogP contribution in [0.3, 0.4) is 0 Å². The Bertz CT molecular complexity index is 818. The minimum absolute atomic E-state index is 0.0312. The molecule has 0 atom stereocenters. The molecule has 0 spiro atoms. The number of benzene rings is 2. The summed E-state index contributed by atoms with van der Waals surface area (Å²) in [7, 11) is 0. The van der Waals surface area contributed by atoms with Crippen molar-refractivity contribution in [3.8, 4) is 22.6 Å². The van der Waals surface area contributed by atoms with Crippen LogP contribution in [-0.4, -0.2) is 10.2 Å². The number of fused-ring (bicyclic) bond motifs is 1. The van der Waals surface area contributed by atoms with Gasteiger partial charge in [-0.1, -0.05) is 12.1 Å². The molecule has 0 unspecified atom stereocenters. The van der Waals surface area contributed by atoms with Gasteiger partial charge in [0.05, 0.1) is 0 Å². The van der Waals surface area contributed by atoms with Gasteiger partial charge in [-0.2, -0.15) is 0 Å². The predicted octanol–water partition coefficient (Wildman–Crippen LogP) is 2.87. The van der Waals surface area contributed by atoms with Crippen LogP contribution in [0.15, 0.2) is 57.7 Å². The molecule has 3 rings (SSSR count). The second kappa shape index (κ2) is 4.17. The van der Waals surface area contributed by atoms with E-state index in [2.05, 4.69) is 0 Å². The van der Waals surface area contributed by atoms with Crippen molar-refractivity contribution in [1.82, 2.24) is 0 Å². The van der Waals surface area contributed by atoms with Gasteiger partial charge in [-0.3, -0.25) is 0 Å². The zero-order valence-electron chi connectivity index (χ0n) is 9.83. The van der Waals surface area contributed by atoms with Crippen molar-refractivity contribution in [3.63, 3.8) is 0 Å². The number of phenolic OH excluding ortho intramolecular Hbond substituents is 2. The topological polar surface area (TPSA) is 70.7 Å². The molecule has 1 aromatic heterocycles. The maximum Gasteiger partial charge on any atom is 0.336 e. The highest BCUT2D eigenvalue weighted by atomic mass is 16.4. The van der Waals surface area contributed by atoms with Crippen molar-refractivity contribution in [2.45, 2.75) is 0 Å². The van der Waals surface area contributed by atoms with Gasteiger partial charge in [0.2, 0.25) is 0 Å². The summed E-state index contributed by atoms with van der Waals surface area (Å²) in [6.07, 6.45) is 0. The van der Waals surface area contributed by atoms with E-state index in [1.165, 1.54) is 18.2 Å². The summed E-state index contributed by atoms with van der Waals surface area (Å²) in [6.45, 7) is 0. The number of phenols is 2. The lowest BCUT2D eigenvalue weighted by atomic mass is 10.0. The second-order valence-corrected chi connectivity index (χ2v) is 4.21. The Hall–Kier alpha value is -2.75. The van der Waals surface area contributed by atoms with Crippen LogP contribution in [0.1, 0.15) is 0 Å². The van der Waals surface area contributed by atoms with Crippen LogP contribution in [0.5, 0.6) is 11.5 Å². The first kappa shape index (κ1) is 11.3. The molecule has 0 saturated heterocycles. The van der Waals surface area contributed by atoms with Gasteiger partial charge in [0.15, 0.2) is 0 Å². The zero-order valence-corrected chi connectivity index (χ0v) is 9.83. The molecule has 4 heteroatoms. The Balaban J connectivity index is 2.37. The molecule has 94 valence electrons. The first-order valence-corrected chi connectivity index (χ1v) is 5.70. The minimum atomic E-state index is -0.503. The lowest BCUT2D eigenvalue weighted by molar-refractivity contribution is 0.473. The van der Waals surface area contributed by atoms with Crippen LogP contribution in [0.25, 0.3) is 22.1 Å². The molecule has 0 aliphatic carbocycles. The standard InChI is InChI=1S/C15H10O4/c16-10-3-1-2-9(6-10)13-8-15(18)19-14-7-11(17)4-5-12(13)14/h1-8,16-17H. The SMILES string of the molecule is O=c1cc(-c2cccc(O)c2)c2ccc(O)cc2o1. The third kappa shape index (κ3) is 2.04. The van der Waals surface area contributed by atoms with Crippen LogP contribution >= 0.6 is 0 Å². The molecule has 0 aliphatic heterocycles. The molecule has 0 bridgehead atoms. The summed E-state index contributed by atoms with van der Waals surface area (Å²) in [4.78, 5) is 11.6. The predicted molar refractivity (Wildman–Crippen MR) is 71.2 cm³/mol. The van der Waals surface area contributed by atoms with Crippen molar-refractivity contribution >= 4 is 11.0 Å². The summed E-state index contributed by atoms with van der Waals surface area (Å²) < 4.78 is 5.06. The highest BCUT2D eigenvalue weighted by Crippen LogP contribution is 2.30. The van der Waals surface area contributed by atoms with Gasteiger partial charge < -0.3 is 14.6 Å². The van der Waals surface area contributed by atoms with E-state index in [-0.39, 0.29) is 11.5 Å². The Morgan fingerprint density at radius 3 is 2.47 bits per heavy atom. The van der Waals surface area contributed by atoms with Gasteiger partial charge in [-0.15, -0.1) is 0 Å². The Kier molecular flexibility index (Phi) is 2.49. The number of hydrogen-bond acceptors (Lipinski definition) is 4. The smallest absolute Gasteiger partial charge is 0.336 e. The molecule has 4 nitrogen and oxygen atoms in total. The van der Waals surface area contributed by atoms with Crippen LogP contribution in [0, 0.1) is 0 Å². The minimum Gasteiger partial charge on any atom is -0.508 e. The lowest BCUT2D eigenvalue weighted by Gasteiger charge is -2.06. The van der Waals surface area contributed by atoms with Gasteiger partial charge in [-0.05, 0) is 35.4 Å². The van der Waals surface area contributed by atoms with Crippen LogP contribution in [0.4, 0.5) is 0 Å². The van der Waals surface area contributed by atoms with Crippen molar-refractivity contribution in [2.75, 3.05) is 0 Å². The molecular weight excluding hydrogens is 244 g/mol. The second-order valence-electron chi connectivity index (χ2n) is 4.21. The summed E-state index contributed by atoms with van der Waals surface area (Å²) in [5.74, 6) is 0.154. The molecule has 0 radical (unpaired) electrons. The van der Waals surface area contributed by atoms with Gasteiger partial charge >= 0.3 is 5.63 Å². The largest absolute Gasteiger partial charge is 0.508 e. The molecule has 0 fully saturated rings. The van der Waals surface area contributed by atoms with E-state index in [9.17, 15) is 15.0 Å². The molecule has 2 N–H and O–H groups in total. The fourth-order valence-corrected chi connectivity index (χ4v) is 2.06. The summed E-state index contributed by atoms with van der Waals surface area (Å²) >= 11 is 0. The normalized spacial score (nSPS) is 10.7. The van der Waals surface area contributed by atoms with E-state index in [4.69, 9.17) is 4.42 Å². The van der Waals surface area contributed by atoms with Gasteiger partial charge in [0.25, 0.3) is 0 Å². The highest BCUT2D eigenvalue weighted by molar-refractivity contribution is 5.93. The van der Waals surface area contributed by atoms with Crippen LogP contribution < -0.4 is 5.63 Å². The van der Waals surface area contributed by atoms with E-state index in [1.807, 2.05) is 0 Å². The molecule has 0 amide bonds. The molecule has 2 aromatic carbocycles. The average molecular weight is 254 g/mol. The fourth-order valence-electron chi connectivity index (χ4n) is 2.06. The summed E-state index contributed by atoms with van der Waals surface area (Å²) in [5.41, 5.74) is 1.17. The Labute approximate surface area is 108 Å². The zero-order chi connectivity index (χ0) is 13.4. The number of aromatic hydroxyl groups is 2. The molecule has 0 aliphatic rings. The van der Waals surface area contributed by atoms with Crippen molar-refractivity contribution in [1.29, 1.82) is 0 Å². The maximum atomic E-state index is 11.6. The third-order valence-electron chi connectivity index (χ3n) is 2.89. The van der Waals surface area contributed by atoms with Crippen molar-refractivity contribution < 1.29 is 14.6 Å². The van der Waals surface area contributed by atoms with Gasteiger partial charge in [-0.25, -0.2) is 4.79 Å². The van der Waals surface area contributed by atoms with Crippen LogP contribution in [-0.2, 0) is 0 Å². The molecule has 0 saturated carbocycles. The van der Waals surface area contributed by atoms with Crippen LogP contribution in [0.2, 0.25) is 0 Å².